The smallest absolute Gasteiger partial charge is 0.322 e. The highest BCUT2D eigenvalue weighted by atomic mass is 19.2. The second-order valence-electron chi connectivity index (χ2n) is 6.23. The van der Waals surface area contributed by atoms with Crippen molar-refractivity contribution in [1.29, 1.82) is 0 Å². The summed E-state index contributed by atoms with van der Waals surface area (Å²) in [6, 6.07) is 8.97. The molecule has 144 valence electrons. The van der Waals surface area contributed by atoms with Crippen molar-refractivity contribution >= 4 is 11.7 Å². The van der Waals surface area contributed by atoms with Crippen LogP contribution in [0.25, 0.3) is 0 Å². The summed E-state index contributed by atoms with van der Waals surface area (Å²) in [6.45, 7) is 2.83. The number of urea groups is 1. The summed E-state index contributed by atoms with van der Waals surface area (Å²) in [5.74, 6) is -3.49. The molecule has 0 bridgehead atoms. The van der Waals surface area contributed by atoms with Crippen molar-refractivity contribution in [1.82, 2.24) is 9.80 Å². The molecule has 1 fully saturated rings. The first-order valence-corrected chi connectivity index (χ1v) is 8.53. The van der Waals surface area contributed by atoms with Crippen LogP contribution in [0.15, 0.2) is 36.4 Å². The van der Waals surface area contributed by atoms with E-state index in [1.54, 1.807) is 7.11 Å². The van der Waals surface area contributed by atoms with Gasteiger partial charge in [0.05, 0.1) is 12.8 Å². The third-order valence-corrected chi connectivity index (χ3v) is 4.52. The molecule has 3 rings (SSSR count). The van der Waals surface area contributed by atoms with Gasteiger partial charge in [-0.15, -0.1) is 0 Å². The summed E-state index contributed by atoms with van der Waals surface area (Å²) in [5, 5.41) is 2.30. The summed E-state index contributed by atoms with van der Waals surface area (Å²) in [7, 11) is 1.62. The number of ether oxygens (including phenoxy) is 1. The molecule has 8 heteroatoms. The number of hydrogen-bond acceptors (Lipinski definition) is 3. The zero-order valence-electron chi connectivity index (χ0n) is 14.8. The van der Waals surface area contributed by atoms with E-state index in [1.165, 1.54) is 4.90 Å². The lowest BCUT2D eigenvalue weighted by atomic mass is 10.1. The Kier molecular flexibility index (Phi) is 5.85. The van der Waals surface area contributed by atoms with E-state index in [2.05, 4.69) is 10.2 Å². The van der Waals surface area contributed by atoms with Crippen molar-refractivity contribution < 1.29 is 22.7 Å². The molecule has 0 saturated carbocycles. The number of hydrogen-bond donors (Lipinski definition) is 1. The van der Waals surface area contributed by atoms with E-state index in [-0.39, 0.29) is 5.69 Å². The molecule has 1 saturated heterocycles. The van der Waals surface area contributed by atoms with Gasteiger partial charge in [-0.1, -0.05) is 18.2 Å². The van der Waals surface area contributed by atoms with E-state index < -0.39 is 23.5 Å². The molecule has 1 aliphatic heterocycles. The maximum atomic E-state index is 13.7. The largest absolute Gasteiger partial charge is 0.496 e. The van der Waals surface area contributed by atoms with Gasteiger partial charge in [-0.05, 0) is 18.2 Å². The molecule has 0 radical (unpaired) electrons. The summed E-state index contributed by atoms with van der Waals surface area (Å²) in [6.07, 6.45) is 0. The van der Waals surface area contributed by atoms with Gasteiger partial charge >= 0.3 is 6.03 Å². The second-order valence-corrected chi connectivity index (χ2v) is 6.23. The first-order chi connectivity index (χ1) is 13.0. The summed E-state index contributed by atoms with van der Waals surface area (Å²) in [5.41, 5.74) is 0.678. The van der Waals surface area contributed by atoms with Crippen LogP contribution in [0.4, 0.5) is 23.7 Å². The topological polar surface area (TPSA) is 44.8 Å². The highest BCUT2D eigenvalue weighted by Crippen LogP contribution is 2.22. The highest BCUT2D eigenvalue weighted by Gasteiger charge is 2.23. The Morgan fingerprint density at radius 3 is 2.44 bits per heavy atom. The Bertz CT molecular complexity index is 824. The van der Waals surface area contributed by atoms with Crippen molar-refractivity contribution in [2.75, 3.05) is 38.6 Å². The van der Waals surface area contributed by atoms with Crippen LogP contribution in [0.5, 0.6) is 5.75 Å². The number of halogens is 3. The lowest BCUT2D eigenvalue weighted by Gasteiger charge is -2.34. The van der Waals surface area contributed by atoms with E-state index in [4.69, 9.17) is 4.74 Å². The van der Waals surface area contributed by atoms with Crippen LogP contribution in [0.2, 0.25) is 0 Å². The monoisotopic (exact) mass is 379 g/mol. The fourth-order valence-electron chi connectivity index (χ4n) is 3.00. The SMILES string of the molecule is COc1ccccc1CN1CCN(C(=O)Nc2ccc(F)c(F)c2F)CC1. The van der Waals surface area contributed by atoms with E-state index >= 15 is 0 Å². The van der Waals surface area contributed by atoms with Crippen LogP contribution >= 0.6 is 0 Å². The van der Waals surface area contributed by atoms with Crippen LogP contribution < -0.4 is 10.1 Å². The lowest BCUT2D eigenvalue weighted by Crippen LogP contribution is -2.49. The van der Waals surface area contributed by atoms with Crippen molar-refractivity contribution in [3.05, 3.63) is 59.4 Å². The van der Waals surface area contributed by atoms with Gasteiger partial charge in [0, 0.05) is 38.3 Å². The number of amides is 2. The van der Waals surface area contributed by atoms with Crippen molar-refractivity contribution in [2.24, 2.45) is 0 Å². The molecule has 27 heavy (non-hydrogen) atoms. The predicted octanol–water partition coefficient (Wildman–Crippen LogP) is 3.46. The molecular formula is C19H20F3N3O2. The Hall–Kier alpha value is -2.74. The van der Waals surface area contributed by atoms with Gasteiger partial charge in [0.15, 0.2) is 17.5 Å². The van der Waals surface area contributed by atoms with Gasteiger partial charge in [0.25, 0.3) is 0 Å². The Morgan fingerprint density at radius 1 is 1.04 bits per heavy atom. The fraction of sp³-hybridized carbons (Fsp3) is 0.316. The van der Waals surface area contributed by atoms with Crippen LogP contribution in [-0.2, 0) is 6.54 Å². The number of nitrogens with one attached hydrogen (secondary N) is 1. The molecule has 0 atom stereocenters. The molecule has 1 heterocycles. The minimum atomic E-state index is -1.60. The molecular weight excluding hydrogens is 359 g/mol. The average Bonchev–Trinajstić information content (AvgIpc) is 2.69. The normalized spacial score (nSPS) is 14.9. The predicted molar refractivity (Wildman–Crippen MR) is 95.2 cm³/mol. The lowest BCUT2D eigenvalue weighted by molar-refractivity contribution is 0.142. The van der Waals surface area contributed by atoms with Gasteiger partial charge < -0.3 is 15.0 Å². The summed E-state index contributed by atoms with van der Waals surface area (Å²) >= 11 is 0. The number of nitrogens with zero attached hydrogens (tertiary/aromatic N) is 2. The van der Waals surface area contributed by atoms with E-state index in [9.17, 15) is 18.0 Å². The van der Waals surface area contributed by atoms with Gasteiger partial charge in [-0.2, -0.15) is 0 Å². The van der Waals surface area contributed by atoms with Crippen molar-refractivity contribution in [3.8, 4) is 5.75 Å². The highest BCUT2D eigenvalue weighted by molar-refractivity contribution is 5.89. The average molecular weight is 379 g/mol. The maximum Gasteiger partial charge on any atom is 0.322 e. The van der Waals surface area contributed by atoms with Gasteiger partial charge in [-0.3, -0.25) is 4.90 Å². The van der Waals surface area contributed by atoms with E-state index in [1.807, 2.05) is 24.3 Å². The van der Waals surface area contributed by atoms with Crippen LogP contribution in [0.3, 0.4) is 0 Å². The molecule has 0 aromatic heterocycles. The van der Waals surface area contributed by atoms with Gasteiger partial charge in [0.1, 0.15) is 5.75 Å². The minimum Gasteiger partial charge on any atom is -0.496 e. The van der Waals surface area contributed by atoms with Crippen LogP contribution in [0.1, 0.15) is 5.56 Å². The first-order valence-electron chi connectivity index (χ1n) is 8.53. The Balaban J connectivity index is 1.56. The van der Waals surface area contributed by atoms with Gasteiger partial charge in [-0.25, -0.2) is 18.0 Å². The molecule has 5 nitrogen and oxygen atoms in total. The molecule has 2 aromatic carbocycles. The molecule has 2 amide bonds. The van der Waals surface area contributed by atoms with Crippen molar-refractivity contribution in [2.45, 2.75) is 6.54 Å². The summed E-state index contributed by atoms with van der Waals surface area (Å²) in [4.78, 5) is 16.0. The number of para-hydroxylation sites is 1. The minimum absolute atomic E-state index is 0.379. The second kappa shape index (κ2) is 8.30. The quantitative estimate of drug-likeness (QED) is 0.828. The maximum absolute atomic E-state index is 13.7. The van der Waals surface area contributed by atoms with Crippen molar-refractivity contribution in [3.63, 3.8) is 0 Å². The number of benzene rings is 2. The Labute approximate surface area is 155 Å². The Morgan fingerprint density at radius 2 is 1.74 bits per heavy atom. The molecule has 1 N–H and O–H groups in total. The number of piperazine rings is 1. The zero-order chi connectivity index (χ0) is 19.4. The number of anilines is 1. The zero-order valence-corrected chi connectivity index (χ0v) is 14.8. The summed E-state index contributed by atoms with van der Waals surface area (Å²) < 4.78 is 45.3. The molecule has 0 spiro atoms. The first kappa shape index (κ1) is 19.0. The number of rotatable bonds is 4. The third kappa shape index (κ3) is 4.33. The van der Waals surface area contributed by atoms with Crippen LogP contribution in [0, 0.1) is 17.5 Å². The number of carbonyl (C=O) groups excluding carboxylic acids is 1. The van der Waals surface area contributed by atoms with Crippen LogP contribution in [-0.4, -0.2) is 49.1 Å². The number of methoxy groups -OCH3 is 1. The van der Waals surface area contributed by atoms with Gasteiger partial charge in [0.2, 0.25) is 0 Å². The molecule has 0 unspecified atom stereocenters. The number of carbonyl (C=O) groups is 1. The molecule has 2 aromatic rings. The fourth-order valence-corrected chi connectivity index (χ4v) is 3.00. The third-order valence-electron chi connectivity index (χ3n) is 4.52. The molecule has 0 aliphatic carbocycles. The standard InChI is InChI=1S/C19H20F3N3O2/c1-27-16-5-3-2-4-13(16)12-24-8-10-25(11-9-24)19(26)23-15-7-6-14(20)17(21)18(15)22/h2-7H,8-12H2,1H3,(H,23,26). The molecule has 1 aliphatic rings. The van der Waals surface area contributed by atoms with E-state index in [0.717, 1.165) is 23.4 Å². The van der Waals surface area contributed by atoms with E-state index in [0.29, 0.717) is 32.7 Å².